The van der Waals surface area contributed by atoms with E-state index in [1.807, 2.05) is 18.2 Å². The minimum atomic E-state index is -0.876. The van der Waals surface area contributed by atoms with Crippen molar-refractivity contribution in [2.75, 3.05) is 13.1 Å². The van der Waals surface area contributed by atoms with E-state index in [0.29, 0.717) is 25.1 Å². The molecule has 4 rings (SSSR count). The predicted molar refractivity (Wildman–Crippen MR) is 101 cm³/mol. The Morgan fingerprint density at radius 1 is 1.18 bits per heavy atom. The van der Waals surface area contributed by atoms with Gasteiger partial charge in [-0.1, -0.05) is 37.3 Å². The lowest BCUT2D eigenvalue weighted by atomic mass is 9.75. The summed E-state index contributed by atoms with van der Waals surface area (Å²) in [5.41, 5.74) is -0.242. The lowest BCUT2D eigenvalue weighted by Gasteiger charge is -2.43. The Kier molecular flexibility index (Phi) is 4.61. The van der Waals surface area contributed by atoms with Crippen molar-refractivity contribution in [3.05, 3.63) is 59.7 Å². The summed E-state index contributed by atoms with van der Waals surface area (Å²) in [5.74, 6) is -1.40. The molecule has 1 aliphatic carbocycles. The van der Waals surface area contributed by atoms with E-state index < -0.39 is 23.1 Å². The number of ketones is 1. The quantitative estimate of drug-likeness (QED) is 0.736. The average Bonchev–Trinajstić information content (AvgIpc) is 3.10. The SMILES string of the molecule is CC1([C@@H]2CC=NN2C(=O)N2CC(C(=O)c3ccccc3)C2)C=C(F)C=C(F)C1. The molecule has 28 heavy (non-hydrogen) atoms. The summed E-state index contributed by atoms with van der Waals surface area (Å²) >= 11 is 0. The molecule has 2 atom stereocenters. The molecule has 2 heterocycles. The number of rotatable bonds is 3. The molecule has 1 fully saturated rings. The van der Waals surface area contributed by atoms with Crippen LogP contribution < -0.4 is 0 Å². The van der Waals surface area contributed by atoms with Crippen molar-refractivity contribution in [1.82, 2.24) is 9.91 Å². The molecular weight excluding hydrogens is 364 g/mol. The average molecular weight is 385 g/mol. The van der Waals surface area contributed by atoms with E-state index in [0.717, 1.165) is 6.08 Å². The van der Waals surface area contributed by atoms with Crippen LogP contribution in [0.2, 0.25) is 0 Å². The summed E-state index contributed by atoms with van der Waals surface area (Å²) < 4.78 is 27.6. The van der Waals surface area contributed by atoms with Gasteiger partial charge >= 0.3 is 6.03 Å². The number of hydrogen-bond donors (Lipinski definition) is 0. The number of Topliss-reactive ketones (excluding diaryl/α,β-unsaturated/α-hetero) is 1. The minimum Gasteiger partial charge on any atom is -0.322 e. The number of carbonyl (C=O) groups excluding carboxylic acids is 2. The first-order chi connectivity index (χ1) is 13.4. The zero-order valence-corrected chi connectivity index (χ0v) is 15.5. The molecule has 1 aromatic rings. The fourth-order valence-corrected chi connectivity index (χ4v) is 4.12. The smallest absolute Gasteiger partial charge is 0.322 e. The lowest BCUT2D eigenvalue weighted by molar-refractivity contribution is 0.0540. The van der Waals surface area contributed by atoms with Gasteiger partial charge in [0.1, 0.15) is 11.7 Å². The molecule has 0 saturated carbocycles. The van der Waals surface area contributed by atoms with Crippen molar-refractivity contribution in [2.45, 2.75) is 25.8 Å². The van der Waals surface area contributed by atoms with Gasteiger partial charge in [0, 0.05) is 49.2 Å². The highest BCUT2D eigenvalue weighted by Crippen LogP contribution is 2.43. The Bertz CT molecular complexity index is 890. The number of halogens is 2. The van der Waals surface area contributed by atoms with Gasteiger partial charge < -0.3 is 4.90 Å². The second-order valence-corrected chi connectivity index (χ2v) is 7.81. The molecule has 0 radical (unpaired) electrons. The largest absolute Gasteiger partial charge is 0.340 e. The summed E-state index contributed by atoms with van der Waals surface area (Å²) in [5, 5.41) is 5.47. The van der Waals surface area contributed by atoms with E-state index in [2.05, 4.69) is 5.10 Å². The number of urea groups is 1. The molecule has 1 unspecified atom stereocenters. The molecule has 5 nitrogen and oxygen atoms in total. The van der Waals surface area contributed by atoms with E-state index in [9.17, 15) is 18.4 Å². The van der Waals surface area contributed by atoms with Crippen molar-refractivity contribution >= 4 is 18.0 Å². The summed E-state index contributed by atoms with van der Waals surface area (Å²) in [6.45, 7) is 2.37. The normalized spacial score (nSPS) is 27.3. The fourth-order valence-electron chi connectivity index (χ4n) is 4.12. The Morgan fingerprint density at radius 2 is 1.89 bits per heavy atom. The van der Waals surface area contributed by atoms with Gasteiger partial charge in [-0.15, -0.1) is 0 Å². The number of likely N-dealkylation sites (tertiary alicyclic amines) is 1. The molecule has 2 amide bonds. The zero-order chi connectivity index (χ0) is 19.9. The van der Waals surface area contributed by atoms with Crippen LogP contribution in [0.25, 0.3) is 0 Å². The number of carbonyl (C=O) groups is 2. The molecule has 2 aliphatic heterocycles. The fraction of sp³-hybridized carbons (Fsp3) is 0.381. The van der Waals surface area contributed by atoms with Crippen molar-refractivity contribution < 1.29 is 18.4 Å². The number of nitrogens with zero attached hydrogens (tertiary/aromatic N) is 3. The van der Waals surface area contributed by atoms with Gasteiger partial charge in [-0.05, 0) is 6.08 Å². The summed E-state index contributed by atoms with van der Waals surface area (Å²) in [7, 11) is 0. The van der Waals surface area contributed by atoms with Gasteiger partial charge in [-0.3, -0.25) is 4.79 Å². The lowest BCUT2D eigenvalue weighted by Crippen LogP contribution is -2.58. The van der Waals surface area contributed by atoms with Gasteiger partial charge in [0.15, 0.2) is 5.78 Å². The summed E-state index contributed by atoms with van der Waals surface area (Å²) in [6, 6.07) is 8.20. The molecule has 0 N–H and O–H groups in total. The monoisotopic (exact) mass is 385 g/mol. The van der Waals surface area contributed by atoms with E-state index >= 15 is 0 Å². The van der Waals surface area contributed by atoms with Crippen LogP contribution in [0.3, 0.4) is 0 Å². The number of hydrazone groups is 1. The number of hydrogen-bond acceptors (Lipinski definition) is 3. The Morgan fingerprint density at radius 3 is 2.57 bits per heavy atom. The first-order valence-corrected chi connectivity index (χ1v) is 9.32. The van der Waals surface area contributed by atoms with Gasteiger partial charge in [-0.25, -0.2) is 18.6 Å². The van der Waals surface area contributed by atoms with E-state index in [1.54, 1.807) is 30.2 Å². The van der Waals surface area contributed by atoms with Crippen molar-refractivity contribution in [1.29, 1.82) is 0 Å². The highest BCUT2D eigenvalue weighted by atomic mass is 19.1. The maximum Gasteiger partial charge on any atom is 0.340 e. The third-order valence-corrected chi connectivity index (χ3v) is 5.68. The third-order valence-electron chi connectivity index (χ3n) is 5.68. The van der Waals surface area contributed by atoms with Crippen LogP contribution in [-0.2, 0) is 0 Å². The highest BCUT2D eigenvalue weighted by molar-refractivity contribution is 5.99. The maximum atomic E-state index is 13.8. The van der Waals surface area contributed by atoms with Gasteiger partial charge in [0.25, 0.3) is 0 Å². The standard InChI is InChI=1S/C21H21F2N3O2/c1-21(10-16(22)9-17(23)11-21)18-7-8-24-26(18)20(28)25-12-15(13-25)19(27)14-5-3-2-4-6-14/h2-6,8-10,15,18H,7,11-13H2,1H3/t18-,21?/m0/s1. The predicted octanol–water partition coefficient (Wildman–Crippen LogP) is 4.10. The van der Waals surface area contributed by atoms with Gasteiger partial charge in [0.05, 0.1) is 12.0 Å². The number of amides is 2. The second kappa shape index (κ2) is 6.96. The van der Waals surface area contributed by atoms with Crippen LogP contribution in [0.15, 0.2) is 59.2 Å². The first-order valence-electron chi connectivity index (χ1n) is 9.32. The Hall–Kier alpha value is -2.83. The zero-order valence-electron chi connectivity index (χ0n) is 15.5. The number of allylic oxidation sites excluding steroid dienone is 3. The van der Waals surface area contributed by atoms with Gasteiger partial charge in [0.2, 0.25) is 0 Å². The van der Waals surface area contributed by atoms with Gasteiger partial charge in [-0.2, -0.15) is 5.10 Å². The molecule has 1 aromatic carbocycles. The van der Waals surface area contributed by atoms with Crippen LogP contribution in [0.1, 0.15) is 30.1 Å². The Balaban J connectivity index is 1.42. The molecule has 146 valence electrons. The summed E-state index contributed by atoms with van der Waals surface area (Å²) in [4.78, 5) is 26.9. The molecule has 0 bridgehead atoms. The van der Waals surface area contributed by atoms with Crippen molar-refractivity contribution in [2.24, 2.45) is 16.4 Å². The van der Waals surface area contributed by atoms with Crippen LogP contribution in [0.4, 0.5) is 13.6 Å². The minimum absolute atomic E-state index is 0.0163. The van der Waals surface area contributed by atoms with E-state index in [-0.39, 0.29) is 24.2 Å². The second-order valence-electron chi connectivity index (χ2n) is 7.81. The molecule has 0 spiro atoms. The number of benzene rings is 1. The molecule has 0 aromatic heterocycles. The van der Waals surface area contributed by atoms with Crippen molar-refractivity contribution in [3.63, 3.8) is 0 Å². The van der Waals surface area contributed by atoms with Crippen LogP contribution in [0.5, 0.6) is 0 Å². The van der Waals surface area contributed by atoms with E-state index in [1.165, 1.54) is 11.1 Å². The first kappa shape index (κ1) is 18.5. The third kappa shape index (κ3) is 3.25. The topological polar surface area (TPSA) is 53.0 Å². The van der Waals surface area contributed by atoms with E-state index in [4.69, 9.17) is 0 Å². The molecule has 3 aliphatic rings. The summed E-state index contributed by atoms with van der Waals surface area (Å²) in [6.07, 6.45) is 4.29. The van der Waals surface area contributed by atoms with Crippen LogP contribution in [-0.4, -0.2) is 47.1 Å². The maximum absolute atomic E-state index is 13.8. The molecule has 7 heteroatoms. The van der Waals surface area contributed by atoms with Crippen molar-refractivity contribution in [3.8, 4) is 0 Å². The van der Waals surface area contributed by atoms with Crippen LogP contribution in [0, 0.1) is 11.3 Å². The molecular formula is C21H21F2N3O2. The highest BCUT2D eigenvalue weighted by Gasteiger charge is 2.46. The molecule has 1 saturated heterocycles. The Labute approximate surface area is 162 Å². The van der Waals surface area contributed by atoms with Crippen LogP contribution >= 0.6 is 0 Å².